The molecule has 1 aliphatic carbocycles. The minimum atomic E-state index is -0.0585. The lowest BCUT2D eigenvalue weighted by molar-refractivity contribution is -0.116. The number of anilines is 1. The van der Waals surface area contributed by atoms with Gasteiger partial charge in [0.05, 0.1) is 19.8 Å². The molecule has 1 aromatic rings. The smallest absolute Gasteiger partial charge is 0.227 e. The number of aliphatic imine (C=N–C) groups is 1. The molecule has 3 N–H and O–H groups in total. The van der Waals surface area contributed by atoms with Crippen LogP contribution in [0.4, 0.5) is 5.82 Å². The van der Waals surface area contributed by atoms with Crippen molar-refractivity contribution < 1.29 is 9.53 Å². The SMILES string of the molecule is CCNC(=NCC1(N2CCOCC2)CCCCC1)NCCC(=O)Nc1ccc(C)cn1. The lowest BCUT2D eigenvalue weighted by Gasteiger charge is -2.47. The van der Waals surface area contributed by atoms with Gasteiger partial charge < -0.3 is 20.7 Å². The molecule has 3 rings (SSSR count). The summed E-state index contributed by atoms with van der Waals surface area (Å²) in [6.45, 7) is 9.74. The largest absolute Gasteiger partial charge is 0.379 e. The summed E-state index contributed by atoms with van der Waals surface area (Å²) in [4.78, 5) is 24.0. The number of nitrogens with zero attached hydrogens (tertiary/aromatic N) is 3. The van der Waals surface area contributed by atoms with Crippen LogP contribution in [-0.2, 0) is 9.53 Å². The van der Waals surface area contributed by atoms with Gasteiger partial charge in [-0.05, 0) is 38.3 Å². The Balaban J connectivity index is 1.53. The summed E-state index contributed by atoms with van der Waals surface area (Å²) < 4.78 is 5.58. The fraction of sp³-hybridized carbons (Fsp3) is 0.696. The molecule has 0 unspecified atom stereocenters. The van der Waals surface area contributed by atoms with Gasteiger partial charge in [0.1, 0.15) is 5.82 Å². The fourth-order valence-corrected chi connectivity index (χ4v) is 4.43. The van der Waals surface area contributed by atoms with E-state index in [9.17, 15) is 4.79 Å². The lowest BCUT2D eigenvalue weighted by atomic mass is 9.80. The van der Waals surface area contributed by atoms with Crippen molar-refractivity contribution in [3.8, 4) is 0 Å². The Morgan fingerprint density at radius 1 is 1.19 bits per heavy atom. The van der Waals surface area contributed by atoms with Crippen LogP contribution in [0.25, 0.3) is 0 Å². The van der Waals surface area contributed by atoms with Crippen molar-refractivity contribution >= 4 is 17.7 Å². The molecule has 0 atom stereocenters. The number of guanidine groups is 1. The van der Waals surface area contributed by atoms with E-state index in [1.165, 1.54) is 32.1 Å². The molecule has 0 bridgehead atoms. The number of hydrogen-bond acceptors (Lipinski definition) is 5. The van der Waals surface area contributed by atoms with E-state index in [0.717, 1.165) is 50.9 Å². The third-order valence-electron chi connectivity index (χ3n) is 6.17. The molecular formula is C23H38N6O2. The van der Waals surface area contributed by atoms with Crippen LogP contribution in [0.2, 0.25) is 0 Å². The van der Waals surface area contributed by atoms with Gasteiger partial charge in [0.15, 0.2) is 5.96 Å². The second-order valence-corrected chi connectivity index (χ2v) is 8.53. The first-order valence-corrected chi connectivity index (χ1v) is 11.7. The molecule has 0 radical (unpaired) electrons. The fourth-order valence-electron chi connectivity index (χ4n) is 4.43. The highest BCUT2D eigenvalue weighted by atomic mass is 16.5. The molecule has 1 aromatic heterocycles. The molecule has 1 saturated heterocycles. The Morgan fingerprint density at radius 3 is 2.65 bits per heavy atom. The topological polar surface area (TPSA) is 90.9 Å². The van der Waals surface area contributed by atoms with Crippen LogP contribution < -0.4 is 16.0 Å². The molecule has 1 saturated carbocycles. The summed E-state index contributed by atoms with van der Waals surface area (Å²) in [5, 5.41) is 9.48. The Bertz CT molecular complexity index is 709. The van der Waals surface area contributed by atoms with Crippen molar-refractivity contribution in [1.82, 2.24) is 20.5 Å². The molecule has 2 heterocycles. The van der Waals surface area contributed by atoms with Crippen LogP contribution in [0.3, 0.4) is 0 Å². The Hall–Kier alpha value is -2.19. The monoisotopic (exact) mass is 430 g/mol. The second kappa shape index (κ2) is 12.0. The van der Waals surface area contributed by atoms with Gasteiger partial charge in [0.25, 0.3) is 0 Å². The predicted octanol–water partition coefficient (Wildman–Crippen LogP) is 2.31. The summed E-state index contributed by atoms with van der Waals surface area (Å²) in [6.07, 6.45) is 8.35. The standard InChI is InChI=1S/C23H38N6O2/c1-3-24-22(25-12-9-21(30)28-20-8-7-19(2)17-26-20)27-18-23(10-5-4-6-11-23)29-13-15-31-16-14-29/h7-8,17H,3-6,9-16,18H2,1-2H3,(H2,24,25,27)(H,26,28,30). The predicted molar refractivity (Wildman–Crippen MR) is 124 cm³/mol. The third-order valence-corrected chi connectivity index (χ3v) is 6.17. The Labute approximate surface area is 186 Å². The van der Waals surface area contributed by atoms with Crippen molar-refractivity contribution in [1.29, 1.82) is 0 Å². The van der Waals surface area contributed by atoms with Crippen molar-refractivity contribution in [2.75, 3.05) is 51.3 Å². The number of nitrogens with one attached hydrogen (secondary N) is 3. The molecule has 0 spiro atoms. The van der Waals surface area contributed by atoms with Crippen LogP contribution in [0.1, 0.15) is 51.0 Å². The van der Waals surface area contributed by atoms with Crippen LogP contribution >= 0.6 is 0 Å². The Kier molecular flexibility index (Phi) is 9.09. The first kappa shape index (κ1) is 23.5. The number of hydrogen-bond donors (Lipinski definition) is 3. The van der Waals surface area contributed by atoms with E-state index in [-0.39, 0.29) is 11.4 Å². The molecule has 172 valence electrons. The van der Waals surface area contributed by atoms with Crippen LogP contribution in [0.15, 0.2) is 23.3 Å². The molecule has 0 aromatic carbocycles. The molecule has 31 heavy (non-hydrogen) atoms. The van der Waals surface area contributed by atoms with E-state index in [1.807, 2.05) is 19.1 Å². The van der Waals surface area contributed by atoms with Crippen LogP contribution in [0.5, 0.6) is 0 Å². The number of ether oxygens (including phenoxy) is 1. The van der Waals surface area contributed by atoms with Gasteiger partial charge in [-0.1, -0.05) is 25.3 Å². The number of pyridine rings is 1. The van der Waals surface area contributed by atoms with Gasteiger partial charge >= 0.3 is 0 Å². The molecule has 1 amide bonds. The van der Waals surface area contributed by atoms with E-state index in [1.54, 1.807) is 6.20 Å². The molecule has 2 fully saturated rings. The highest BCUT2D eigenvalue weighted by molar-refractivity contribution is 5.90. The van der Waals surface area contributed by atoms with Crippen molar-refractivity contribution in [2.45, 2.75) is 57.9 Å². The molecule has 8 heteroatoms. The average Bonchev–Trinajstić information content (AvgIpc) is 2.80. The van der Waals surface area contributed by atoms with Crippen molar-refractivity contribution in [3.63, 3.8) is 0 Å². The maximum atomic E-state index is 12.2. The molecule has 8 nitrogen and oxygen atoms in total. The number of carbonyl (C=O) groups is 1. The van der Waals surface area contributed by atoms with Gasteiger partial charge in [-0.2, -0.15) is 0 Å². The summed E-state index contributed by atoms with van der Waals surface area (Å²) in [5.41, 5.74) is 1.21. The van der Waals surface area contributed by atoms with Gasteiger partial charge in [-0.15, -0.1) is 0 Å². The number of amides is 1. The van der Waals surface area contributed by atoms with Gasteiger partial charge in [-0.25, -0.2) is 4.98 Å². The minimum Gasteiger partial charge on any atom is -0.379 e. The second-order valence-electron chi connectivity index (χ2n) is 8.53. The molecule has 2 aliphatic rings. The number of rotatable bonds is 8. The average molecular weight is 431 g/mol. The molecule has 1 aliphatic heterocycles. The van der Waals surface area contributed by atoms with E-state index < -0.39 is 0 Å². The maximum absolute atomic E-state index is 12.2. The normalized spacial score (nSPS) is 19.6. The minimum absolute atomic E-state index is 0.0585. The number of aromatic nitrogens is 1. The van der Waals surface area contributed by atoms with Crippen molar-refractivity contribution in [3.05, 3.63) is 23.9 Å². The molecular weight excluding hydrogens is 392 g/mol. The first-order chi connectivity index (χ1) is 15.1. The zero-order chi connectivity index (χ0) is 21.9. The Morgan fingerprint density at radius 2 is 1.97 bits per heavy atom. The van der Waals surface area contributed by atoms with Crippen LogP contribution in [-0.4, -0.2) is 73.2 Å². The lowest BCUT2D eigenvalue weighted by Crippen LogP contribution is -2.56. The zero-order valence-corrected chi connectivity index (χ0v) is 19.1. The summed E-state index contributed by atoms with van der Waals surface area (Å²) in [7, 11) is 0. The number of aryl methyl sites for hydroxylation is 1. The number of morpholine rings is 1. The zero-order valence-electron chi connectivity index (χ0n) is 19.1. The highest BCUT2D eigenvalue weighted by Gasteiger charge is 2.38. The first-order valence-electron chi connectivity index (χ1n) is 11.7. The maximum Gasteiger partial charge on any atom is 0.227 e. The number of carbonyl (C=O) groups excluding carboxylic acids is 1. The van der Waals surface area contributed by atoms with E-state index in [0.29, 0.717) is 18.8 Å². The summed E-state index contributed by atoms with van der Waals surface area (Å²) in [5.74, 6) is 1.31. The third kappa shape index (κ3) is 7.18. The van der Waals surface area contributed by atoms with Gasteiger partial charge in [0.2, 0.25) is 5.91 Å². The van der Waals surface area contributed by atoms with Gasteiger partial charge in [-0.3, -0.25) is 14.7 Å². The summed E-state index contributed by atoms with van der Waals surface area (Å²) >= 11 is 0. The van der Waals surface area contributed by atoms with E-state index >= 15 is 0 Å². The van der Waals surface area contributed by atoms with E-state index in [4.69, 9.17) is 9.73 Å². The summed E-state index contributed by atoms with van der Waals surface area (Å²) in [6, 6.07) is 3.76. The van der Waals surface area contributed by atoms with E-state index in [2.05, 4.69) is 32.8 Å². The van der Waals surface area contributed by atoms with Crippen molar-refractivity contribution in [2.24, 2.45) is 4.99 Å². The van der Waals surface area contributed by atoms with Gasteiger partial charge in [0, 0.05) is 44.3 Å². The quantitative estimate of drug-likeness (QED) is 0.433. The van der Waals surface area contributed by atoms with Crippen LogP contribution in [0, 0.1) is 6.92 Å². The highest BCUT2D eigenvalue weighted by Crippen LogP contribution is 2.34.